The number of esters is 1. The quantitative estimate of drug-likeness (QED) is 0.425. The van der Waals surface area contributed by atoms with Crippen LogP contribution in [0.4, 0.5) is 11.4 Å². The van der Waals surface area contributed by atoms with Gasteiger partial charge >= 0.3 is 5.97 Å². The van der Waals surface area contributed by atoms with E-state index in [2.05, 4.69) is 24.1 Å². The molecule has 0 bridgehead atoms. The Kier molecular flexibility index (Phi) is 7.28. The van der Waals surface area contributed by atoms with E-state index >= 15 is 0 Å². The second-order valence-electron chi connectivity index (χ2n) is 8.15. The van der Waals surface area contributed by atoms with E-state index in [1.807, 2.05) is 42.5 Å². The van der Waals surface area contributed by atoms with Crippen molar-refractivity contribution in [1.82, 2.24) is 9.88 Å². The first-order valence-corrected chi connectivity index (χ1v) is 11.8. The molecule has 0 saturated carbocycles. The highest BCUT2D eigenvalue weighted by Gasteiger charge is 2.19. The number of hydrogen-bond acceptors (Lipinski definition) is 5. The van der Waals surface area contributed by atoms with Crippen LogP contribution in [0.3, 0.4) is 0 Å². The highest BCUT2D eigenvalue weighted by atomic mass is 35.5. The number of aryl methyl sites for hydroxylation is 1. The first kappa shape index (κ1) is 22.6. The van der Waals surface area contributed by atoms with Crippen molar-refractivity contribution in [3.63, 3.8) is 0 Å². The van der Waals surface area contributed by atoms with Crippen molar-refractivity contribution in [3.8, 4) is 0 Å². The minimum Gasteiger partial charge on any atom is -0.461 e. The molecule has 3 aromatic rings. The second kappa shape index (κ2) is 10.3. The third kappa shape index (κ3) is 5.05. The Morgan fingerprint density at radius 1 is 1.09 bits per heavy atom. The zero-order chi connectivity index (χ0) is 22.5. The highest BCUT2D eigenvalue weighted by Crippen LogP contribution is 2.36. The number of hydrogen-bond donors (Lipinski definition) is 1. The molecule has 0 amide bonds. The van der Waals surface area contributed by atoms with Gasteiger partial charge in [-0.05, 0) is 86.8 Å². The number of nitrogens with one attached hydrogen (secondary N) is 1. The Bertz CT molecular complexity index is 1090. The molecule has 5 nitrogen and oxygen atoms in total. The van der Waals surface area contributed by atoms with Gasteiger partial charge in [0.2, 0.25) is 0 Å². The Hall–Kier alpha value is -2.63. The van der Waals surface area contributed by atoms with Gasteiger partial charge in [0.1, 0.15) is 6.61 Å². The summed E-state index contributed by atoms with van der Waals surface area (Å²) in [6.45, 7) is 7.26. The molecule has 1 aromatic heterocycles. The summed E-state index contributed by atoms with van der Waals surface area (Å²) in [6.07, 6.45) is 4.34. The van der Waals surface area contributed by atoms with Gasteiger partial charge in [0.15, 0.2) is 0 Å². The molecule has 168 valence electrons. The van der Waals surface area contributed by atoms with Crippen LogP contribution >= 0.6 is 11.6 Å². The maximum Gasteiger partial charge on any atom is 0.338 e. The summed E-state index contributed by atoms with van der Waals surface area (Å²) in [5.41, 5.74) is 5.94. The van der Waals surface area contributed by atoms with E-state index in [9.17, 15) is 4.79 Å². The number of carbonyl (C=O) groups excluding carboxylic acids is 1. The minimum atomic E-state index is -0.290. The number of carbonyl (C=O) groups is 1. The van der Waals surface area contributed by atoms with Gasteiger partial charge in [0, 0.05) is 28.3 Å². The van der Waals surface area contributed by atoms with E-state index in [-0.39, 0.29) is 5.97 Å². The number of halogens is 1. The molecular weight excluding hydrogens is 422 g/mol. The molecule has 4 rings (SSSR count). The topological polar surface area (TPSA) is 54.5 Å². The Morgan fingerprint density at radius 2 is 1.84 bits per heavy atom. The van der Waals surface area contributed by atoms with Gasteiger partial charge in [-0.15, -0.1) is 0 Å². The number of likely N-dealkylation sites (N-methyl/N-ethyl adjacent to an activating group) is 1. The normalized spacial score (nSPS) is 13.2. The maximum absolute atomic E-state index is 12.4. The number of anilines is 2. The first-order chi connectivity index (χ1) is 15.6. The van der Waals surface area contributed by atoms with E-state index in [0.717, 1.165) is 61.2 Å². The van der Waals surface area contributed by atoms with Crippen LogP contribution in [0, 0.1) is 0 Å². The number of pyridine rings is 1. The molecule has 0 unspecified atom stereocenters. The summed E-state index contributed by atoms with van der Waals surface area (Å²) in [7, 11) is 0. The molecule has 0 radical (unpaired) electrons. The van der Waals surface area contributed by atoms with Crippen molar-refractivity contribution in [2.24, 2.45) is 0 Å². The van der Waals surface area contributed by atoms with Crippen molar-refractivity contribution in [3.05, 3.63) is 64.3 Å². The van der Waals surface area contributed by atoms with Crippen LogP contribution < -0.4 is 5.32 Å². The molecule has 2 aromatic carbocycles. The lowest BCUT2D eigenvalue weighted by molar-refractivity contribution is 0.0466. The van der Waals surface area contributed by atoms with Crippen LogP contribution in [-0.4, -0.2) is 42.1 Å². The average Bonchev–Trinajstić information content (AvgIpc) is 2.82. The van der Waals surface area contributed by atoms with Crippen LogP contribution in [0.1, 0.15) is 48.3 Å². The van der Waals surface area contributed by atoms with Gasteiger partial charge in [-0.2, -0.15) is 0 Å². The summed E-state index contributed by atoms with van der Waals surface area (Å²) in [4.78, 5) is 19.5. The molecule has 0 fully saturated rings. The van der Waals surface area contributed by atoms with Gasteiger partial charge < -0.3 is 15.0 Å². The number of rotatable bonds is 8. The van der Waals surface area contributed by atoms with Gasteiger partial charge in [-0.1, -0.05) is 25.4 Å². The lowest BCUT2D eigenvalue weighted by Crippen LogP contribution is -2.27. The smallest absolute Gasteiger partial charge is 0.338 e. The molecular formula is C26H30ClN3O2. The SMILES string of the molecule is CCN(CC)CCOC(=O)c1ccc(Nc2c3c(nc4ccc(Cl)cc24)CCCC3)cc1. The van der Waals surface area contributed by atoms with Gasteiger partial charge in [-0.3, -0.25) is 4.98 Å². The number of ether oxygens (including phenoxy) is 1. The summed E-state index contributed by atoms with van der Waals surface area (Å²) < 4.78 is 5.44. The predicted octanol–water partition coefficient (Wildman–Crippen LogP) is 6.01. The van der Waals surface area contributed by atoms with Crippen LogP contribution in [0.25, 0.3) is 10.9 Å². The van der Waals surface area contributed by atoms with E-state index in [1.165, 1.54) is 17.7 Å². The molecule has 1 aliphatic rings. The van der Waals surface area contributed by atoms with Crippen LogP contribution in [-0.2, 0) is 17.6 Å². The lowest BCUT2D eigenvalue weighted by atomic mass is 9.92. The molecule has 0 spiro atoms. The van der Waals surface area contributed by atoms with E-state index < -0.39 is 0 Å². The first-order valence-electron chi connectivity index (χ1n) is 11.5. The van der Waals surface area contributed by atoms with Crippen molar-refractivity contribution < 1.29 is 9.53 Å². The fraction of sp³-hybridized carbons (Fsp3) is 0.385. The fourth-order valence-electron chi connectivity index (χ4n) is 4.26. The van der Waals surface area contributed by atoms with Crippen molar-refractivity contribution in [2.75, 3.05) is 31.6 Å². The van der Waals surface area contributed by atoms with E-state index in [1.54, 1.807) is 0 Å². The predicted molar refractivity (Wildman–Crippen MR) is 131 cm³/mol. The summed E-state index contributed by atoms with van der Waals surface area (Å²) in [5.74, 6) is -0.290. The van der Waals surface area contributed by atoms with Gasteiger partial charge in [0.25, 0.3) is 0 Å². The lowest BCUT2D eigenvalue weighted by Gasteiger charge is -2.22. The molecule has 1 aliphatic carbocycles. The number of aromatic nitrogens is 1. The summed E-state index contributed by atoms with van der Waals surface area (Å²) in [6, 6.07) is 13.3. The van der Waals surface area contributed by atoms with E-state index in [4.69, 9.17) is 21.3 Å². The monoisotopic (exact) mass is 451 g/mol. The van der Waals surface area contributed by atoms with Crippen molar-refractivity contribution in [2.45, 2.75) is 39.5 Å². The molecule has 6 heteroatoms. The number of fused-ring (bicyclic) bond motifs is 2. The number of nitrogens with zero attached hydrogens (tertiary/aromatic N) is 2. The Morgan fingerprint density at radius 3 is 2.59 bits per heavy atom. The van der Waals surface area contributed by atoms with Gasteiger partial charge in [-0.25, -0.2) is 4.79 Å². The van der Waals surface area contributed by atoms with Crippen LogP contribution in [0.5, 0.6) is 0 Å². The third-order valence-corrected chi connectivity index (χ3v) is 6.38. The number of benzene rings is 2. The molecule has 0 atom stereocenters. The van der Waals surface area contributed by atoms with Crippen LogP contribution in [0.15, 0.2) is 42.5 Å². The second-order valence-corrected chi connectivity index (χ2v) is 8.58. The van der Waals surface area contributed by atoms with Crippen molar-refractivity contribution in [1.29, 1.82) is 0 Å². The Labute approximate surface area is 194 Å². The average molecular weight is 452 g/mol. The summed E-state index contributed by atoms with van der Waals surface area (Å²) in [5, 5.41) is 5.31. The maximum atomic E-state index is 12.4. The molecule has 0 aliphatic heterocycles. The third-order valence-electron chi connectivity index (χ3n) is 6.15. The summed E-state index contributed by atoms with van der Waals surface area (Å²) >= 11 is 6.30. The minimum absolute atomic E-state index is 0.290. The zero-order valence-corrected chi connectivity index (χ0v) is 19.5. The molecule has 1 heterocycles. The Balaban J connectivity index is 1.52. The van der Waals surface area contributed by atoms with E-state index in [0.29, 0.717) is 17.2 Å². The molecule has 1 N–H and O–H groups in total. The molecule has 0 saturated heterocycles. The largest absolute Gasteiger partial charge is 0.461 e. The highest BCUT2D eigenvalue weighted by molar-refractivity contribution is 6.31. The molecule has 32 heavy (non-hydrogen) atoms. The zero-order valence-electron chi connectivity index (χ0n) is 18.8. The fourth-order valence-corrected chi connectivity index (χ4v) is 4.44. The van der Waals surface area contributed by atoms with Gasteiger partial charge in [0.05, 0.1) is 16.8 Å². The van der Waals surface area contributed by atoms with Crippen LogP contribution in [0.2, 0.25) is 5.02 Å². The van der Waals surface area contributed by atoms with Crippen molar-refractivity contribution >= 4 is 39.8 Å². The standard InChI is InChI=1S/C26H30ClN3O2/c1-3-30(4-2)15-16-32-26(31)18-9-12-20(13-10-18)28-25-21-7-5-6-8-23(21)29-24-14-11-19(27)17-22(24)25/h9-14,17H,3-8,15-16H2,1-2H3,(H,28,29).